The SMILES string of the molecule is CC[N+](CC)(CC)CC.O=[N+]([O-])c1c[n-]cn1. The van der Waals surface area contributed by atoms with Crippen LogP contribution in [0.5, 0.6) is 0 Å². The molecule has 0 atom stereocenters. The second kappa shape index (κ2) is 7.78. The zero-order valence-corrected chi connectivity index (χ0v) is 11.1. The van der Waals surface area contributed by atoms with Gasteiger partial charge in [-0.2, -0.15) is 0 Å². The first-order valence-corrected chi connectivity index (χ1v) is 5.97. The van der Waals surface area contributed by atoms with Crippen LogP contribution in [-0.4, -0.2) is 40.6 Å². The van der Waals surface area contributed by atoms with Crippen molar-refractivity contribution in [2.24, 2.45) is 0 Å². The Morgan fingerprint density at radius 2 is 1.71 bits per heavy atom. The lowest BCUT2D eigenvalue weighted by atomic mass is 10.3. The van der Waals surface area contributed by atoms with E-state index in [1.54, 1.807) is 0 Å². The molecule has 0 amide bonds. The first kappa shape index (κ1) is 15.6. The van der Waals surface area contributed by atoms with E-state index in [1.165, 1.54) is 30.7 Å². The van der Waals surface area contributed by atoms with Crippen LogP contribution in [0.25, 0.3) is 0 Å². The molecule has 1 rings (SSSR count). The third kappa shape index (κ3) is 4.95. The summed E-state index contributed by atoms with van der Waals surface area (Å²) in [4.78, 5) is 15.9. The van der Waals surface area contributed by atoms with Crippen LogP contribution in [0.15, 0.2) is 12.5 Å². The summed E-state index contributed by atoms with van der Waals surface area (Å²) in [5.41, 5.74) is 0. The largest absolute Gasteiger partial charge is 0.446 e. The predicted octanol–water partition coefficient (Wildman–Crippen LogP) is 1.83. The summed E-state index contributed by atoms with van der Waals surface area (Å²) in [5.74, 6) is -0.204. The lowest BCUT2D eigenvalue weighted by molar-refractivity contribution is -0.921. The molecule has 0 fully saturated rings. The van der Waals surface area contributed by atoms with Gasteiger partial charge in [-0.3, -0.25) is 0 Å². The summed E-state index contributed by atoms with van der Waals surface area (Å²) in [5, 5.41) is 9.77. The molecule has 0 unspecified atom stereocenters. The Morgan fingerprint density at radius 1 is 1.24 bits per heavy atom. The first-order valence-electron chi connectivity index (χ1n) is 5.97. The van der Waals surface area contributed by atoms with E-state index >= 15 is 0 Å². The third-order valence-electron chi connectivity index (χ3n) is 3.32. The fourth-order valence-electron chi connectivity index (χ4n) is 1.66. The summed E-state index contributed by atoms with van der Waals surface area (Å²) >= 11 is 0. The van der Waals surface area contributed by atoms with Crippen LogP contribution < -0.4 is 4.98 Å². The molecule has 6 heteroatoms. The van der Waals surface area contributed by atoms with Gasteiger partial charge in [-0.1, -0.05) is 11.3 Å². The molecule has 0 aromatic carbocycles. The Hall–Kier alpha value is -1.43. The second-order valence-electron chi connectivity index (χ2n) is 3.74. The van der Waals surface area contributed by atoms with Crippen LogP contribution >= 0.6 is 0 Å². The molecule has 0 N–H and O–H groups in total. The van der Waals surface area contributed by atoms with Gasteiger partial charge in [-0.05, 0) is 33.9 Å². The fraction of sp³-hybridized carbons (Fsp3) is 0.727. The molecule has 1 aromatic heterocycles. The first-order chi connectivity index (χ1) is 8.05. The van der Waals surface area contributed by atoms with E-state index in [9.17, 15) is 10.1 Å². The van der Waals surface area contributed by atoms with Crippen molar-refractivity contribution in [1.29, 1.82) is 0 Å². The van der Waals surface area contributed by atoms with E-state index in [0.717, 1.165) is 12.5 Å². The summed E-state index contributed by atoms with van der Waals surface area (Å²) < 4.78 is 1.28. The van der Waals surface area contributed by atoms with E-state index in [4.69, 9.17) is 0 Å². The molecule has 17 heavy (non-hydrogen) atoms. The molecule has 0 saturated heterocycles. The molecule has 98 valence electrons. The minimum atomic E-state index is -0.590. The third-order valence-corrected chi connectivity index (χ3v) is 3.32. The van der Waals surface area contributed by atoms with Gasteiger partial charge in [0.1, 0.15) is 0 Å². The van der Waals surface area contributed by atoms with Crippen molar-refractivity contribution < 1.29 is 9.41 Å². The van der Waals surface area contributed by atoms with Crippen LogP contribution in [0.1, 0.15) is 27.7 Å². The van der Waals surface area contributed by atoms with Crippen LogP contribution in [0, 0.1) is 10.1 Å². The summed E-state index contributed by atoms with van der Waals surface area (Å²) in [6.07, 6.45) is 2.23. The van der Waals surface area contributed by atoms with E-state index in [1.807, 2.05) is 0 Å². The number of nitro groups is 1. The predicted molar refractivity (Wildman–Crippen MR) is 66.6 cm³/mol. The Balaban J connectivity index is 0.000000302. The van der Waals surface area contributed by atoms with Gasteiger partial charge in [0.15, 0.2) is 5.82 Å². The van der Waals surface area contributed by atoms with Gasteiger partial charge in [0, 0.05) is 0 Å². The topological polar surface area (TPSA) is 70.1 Å². The highest BCUT2D eigenvalue weighted by atomic mass is 16.6. The normalized spacial score (nSPS) is 10.6. The Labute approximate surface area is 102 Å². The molecule has 0 radical (unpaired) electrons. The number of nitrogens with zero attached hydrogens (tertiary/aromatic N) is 4. The molecule has 1 aromatic rings. The van der Waals surface area contributed by atoms with Gasteiger partial charge in [0.2, 0.25) is 0 Å². The van der Waals surface area contributed by atoms with Crippen molar-refractivity contribution in [3.8, 4) is 0 Å². The average molecular weight is 242 g/mol. The van der Waals surface area contributed by atoms with Crippen molar-refractivity contribution in [3.63, 3.8) is 0 Å². The molecule has 0 aliphatic rings. The number of aromatic nitrogens is 2. The molecule has 0 bridgehead atoms. The standard InChI is InChI=1S/C8H20N.C3H2N3O2/c1-5-9(6-2,7-3)8-4;7-6(8)3-1-4-2-5-3/h5-8H2,1-4H3;1-2H/q+1;-1. The Kier molecular flexibility index (Phi) is 7.13. The van der Waals surface area contributed by atoms with Crippen LogP contribution in [-0.2, 0) is 0 Å². The monoisotopic (exact) mass is 242 g/mol. The lowest BCUT2D eigenvalue weighted by Gasteiger charge is -2.34. The van der Waals surface area contributed by atoms with E-state index < -0.39 is 4.92 Å². The summed E-state index contributed by atoms with van der Waals surface area (Å²) in [6.45, 7) is 14.2. The minimum absolute atomic E-state index is 0.204. The van der Waals surface area contributed by atoms with E-state index in [-0.39, 0.29) is 5.82 Å². The molecular formula is C11H22N4O2. The number of hydrogen-bond acceptors (Lipinski definition) is 3. The van der Waals surface area contributed by atoms with Crippen molar-refractivity contribution in [3.05, 3.63) is 22.6 Å². The highest BCUT2D eigenvalue weighted by Gasteiger charge is 2.16. The van der Waals surface area contributed by atoms with Gasteiger partial charge < -0.3 is 24.6 Å². The molecule has 0 aliphatic heterocycles. The van der Waals surface area contributed by atoms with Gasteiger partial charge >= 0.3 is 0 Å². The quantitative estimate of drug-likeness (QED) is 0.448. The number of rotatable bonds is 5. The van der Waals surface area contributed by atoms with Gasteiger partial charge in [0.25, 0.3) is 0 Å². The van der Waals surface area contributed by atoms with Crippen LogP contribution in [0.4, 0.5) is 5.82 Å². The zero-order valence-electron chi connectivity index (χ0n) is 11.1. The van der Waals surface area contributed by atoms with Gasteiger partial charge in [-0.15, -0.1) is 0 Å². The van der Waals surface area contributed by atoms with Crippen molar-refractivity contribution in [2.75, 3.05) is 26.2 Å². The maximum atomic E-state index is 9.77. The van der Waals surface area contributed by atoms with E-state index in [0.29, 0.717) is 0 Å². The van der Waals surface area contributed by atoms with Crippen molar-refractivity contribution in [1.82, 2.24) is 9.97 Å². The van der Waals surface area contributed by atoms with Crippen LogP contribution in [0.3, 0.4) is 0 Å². The van der Waals surface area contributed by atoms with E-state index in [2.05, 4.69) is 37.7 Å². The highest BCUT2D eigenvalue weighted by molar-refractivity contribution is 5.09. The van der Waals surface area contributed by atoms with Crippen molar-refractivity contribution in [2.45, 2.75) is 27.7 Å². The lowest BCUT2D eigenvalue weighted by Crippen LogP contribution is -2.47. The summed E-state index contributed by atoms with van der Waals surface area (Å²) in [7, 11) is 0. The molecule has 0 aliphatic carbocycles. The zero-order chi connectivity index (χ0) is 13.3. The Bertz CT molecular complexity index is 290. The number of quaternary nitrogens is 1. The molecule has 1 heterocycles. The molecule has 0 saturated carbocycles. The smallest absolute Gasteiger partial charge is 0.158 e. The highest BCUT2D eigenvalue weighted by Crippen LogP contribution is 2.03. The summed E-state index contributed by atoms with van der Waals surface area (Å²) in [6, 6.07) is 0. The molecule has 0 spiro atoms. The average Bonchev–Trinajstić information content (AvgIpc) is 2.87. The minimum Gasteiger partial charge on any atom is -0.446 e. The van der Waals surface area contributed by atoms with Crippen LogP contribution in [0.2, 0.25) is 0 Å². The maximum Gasteiger partial charge on any atom is 0.158 e. The molecule has 6 nitrogen and oxygen atoms in total. The fourth-order valence-corrected chi connectivity index (χ4v) is 1.66. The van der Waals surface area contributed by atoms with Crippen molar-refractivity contribution >= 4 is 5.82 Å². The number of imidazole rings is 1. The second-order valence-corrected chi connectivity index (χ2v) is 3.74. The molecular weight excluding hydrogens is 220 g/mol. The maximum absolute atomic E-state index is 9.77. The van der Waals surface area contributed by atoms with Gasteiger partial charge in [0.05, 0.1) is 26.2 Å². The van der Waals surface area contributed by atoms with Gasteiger partial charge in [-0.25, -0.2) is 0 Å². The number of hydrogen-bond donors (Lipinski definition) is 0. The Morgan fingerprint density at radius 3 is 1.82 bits per heavy atom.